The maximum atomic E-state index is 10.3. The lowest BCUT2D eigenvalue weighted by Crippen LogP contribution is -2.27. The average molecular weight is 370 g/mol. The number of hydrogen-bond acceptors (Lipinski definition) is 3. The van der Waals surface area contributed by atoms with E-state index in [4.69, 9.17) is 4.55 Å². The molecule has 0 heterocycles. The molecule has 0 saturated carbocycles. The van der Waals surface area contributed by atoms with Crippen molar-refractivity contribution in [1.82, 2.24) is 4.90 Å². The van der Waals surface area contributed by atoms with Crippen molar-refractivity contribution in [2.75, 3.05) is 19.6 Å². The predicted octanol–water partition coefficient (Wildman–Crippen LogP) is 5.23. The van der Waals surface area contributed by atoms with Gasteiger partial charge in [0.15, 0.2) is 0 Å². The summed E-state index contributed by atoms with van der Waals surface area (Å²) in [5, 5.41) is 0.752. The van der Waals surface area contributed by atoms with E-state index in [0.717, 1.165) is 11.0 Å². The number of unbranched alkanes of at least 4 members (excludes halogenated alkanes) is 3. The van der Waals surface area contributed by atoms with Gasteiger partial charge in [0.1, 0.15) is 0 Å². The highest BCUT2D eigenvalue weighted by Crippen LogP contribution is 2.02. The van der Waals surface area contributed by atoms with Crippen LogP contribution in [-0.2, 0) is 10.1 Å². The van der Waals surface area contributed by atoms with Gasteiger partial charge in [0.05, 0.1) is 5.41 Å². The largest absolute Gasteiger partial charge is 0.303 e. The van der Waals surface area contributed by atoms with E-state index in [0.29, 0.717) is 0 Å². The maximum absolute atomic E-state index is 10.3. The summed E-state index contributed by atoms with van der Waals surface area (Å²) in [7, 11) is -4.00. The Bertz CT molecular complexity index is 522. The Hall–Kier alpha value is -1.17. The Kier molecular flexibility index (Phi) is 14.4. The molecule has 0 aliphatic heterocycles. The molecular formula is C20H35NO3S. The summed E-state index contributed by atoms with van der Waals surface area (Å²) in [5.74, 6) is 0. The van der Waals surface area contributed by atoms with Crippen LogP contribution >= 0.6 is 0 Å². The van der Waals surface area contributed by atoms with E-state index in [2.05, 4.69) is 25.7 Å². The molecule has 0 aliphatic rings. The molecule has 0 amide bonds. The fraction of sp³-hybridized carbons (Fsp3) is 0.600. The molecule has 25 heavy (non-hydrogen) atoms. The van der Waals surface area contributed by atoms with Crippen molar-refractivity contribution in [3.8, 4) is 0 Å². The second-order valence-corrected chi connectivity index (χ2v) is 7.43. The molecule has 1 aromatic rings. The molecule has 0 fully saturated rings. The van der Waals surface area contributed by atoms with Gasteiger partial charge in [-0.25, -0.2) is 0 Å². The zero-order valence-electron chi connectivity index (χ0n) is 16.0. The van der Waals surface area contributed by atoms with Crippen molar-refractivity contribution < 1.29 is 13.0 Å². The van der Waals surface area contributed by atoms with E-state index in [1.54, 1.807) is 24.3 Å². The topological polar surface area (TPSA) is 57.6 Å². The molecule has 1 aromatic carbocycles. The minimum absolute atomic E-state index is 0.732. The van der Waals surface area contributed by atoms with Crippen LogP contribution in [0.4, 0.5) is 0 Å². The van der Waals surface area contributed by atoms with Gasteiger partial charge in [-0.3, -0.25) is 4.55 Å². The Balaban J connectivity index is 0.000000462. The van der Waals surface area contributed by atoms with Gasteiger partial charge in [0.25, 0.3) is 10.1 Å². The van der Waals surface area contributed by atoms with Crippen molar-refractivity contribution in [2.45, 2.75) is 59.3 Å². The summed E-state index contributed by atoms with van der Waals surface area (Å²) < 4.78 is 28.9. The summed E-state index contributed by atoms with van der Waals surface area (Å²) in [5.41, 5.74) is 0.732. The molecule has 0 spiro atoms. The molecule has 0 bridgehead atoms. The maximum Gasteiger partial charge on any atom is 0.287 e. The minimum Gasteiger partial charge on any atom is -0.303 e. The molecule has 5 heteroatoms. The highest BCUT2D eigenvalue weighted by molar-refractivity contribution is 7.88. The van der Waals surface area contributed by atoms with Crippen molar-refractivity contribution in [1.29, 1.82) is 0 Å². The van der Waals surface area contributed by atoms with E-state index in [1.807, 2.05) is 6.07 Å². The highest BCUT2D eigenvalue weighted by Gasteiger charge is 2.01. The molecule has 0 saturated heterocycles. The van der Waals surface area contributed by atoms with Gasteiger partial charge < -0.3 is 4.90 Å². The van der Waals surface area contributed by atoms with Crippen molar-refractivity contribution in [2.24, 2.45) is 0 Å². The van der Waals surface area contributed by atoms with Gasteiger partial charge in [-0.05, 0) is 50.5 Å². The van der Waals surface area contributed by atoms with Gasteiger partial charge in [0, 0.05) is 0 Å². The zero-order chi connectivity index (χ0) is 19.0. The Morgan fingerprint density at radius 1 is 0.880 bits per heavy atom. The van der Waals surface area contributed by atoms with Gasteiger partial charge in [-0.1, -0.05) is 70.4 Å². The normalized spacial score (nSPS) is 11.6. The van der Waals surface area contributed by atoms with Crippen LogP contribution in [0.1, 0.15) is 64.9 Å². The number of benzene rings is 1. The molecule has 0 atom stereocenters. The molecule has 0 aromatic heterocycles. The second-order valence-electron chi connectivity index (χ2n) is 6.13. The summed E-state index contributed by atoms with van der Waals surface area (Å²) in [4.78, 5) is 2.64. The van der Waals surface area contributed by atoms with Crippen molar-refractivity contribution in [3.05, 3.63) is 41.3 Å². The monoisotopic (exact) mass is 369 g/mol. The number of nitrogens with zero attached hydrogens (tertiary/aromatic N) is 1. The number of rotatable bonds is 11. The van der Waals surface area contributed by atoms with Crippen LogP contribution < -0.4 is 0 Å². The third-order valence-electron chi connectivity index (χ3n) is 3.72. The van der Waals surface area contributed by atoms with Crippen LogP contribution in [0.3, 0.4) is 0 Å². The van der Waals surface area contributed by atoms with E-state index in [-0.39, 0.29) is 0 Å². The summed E-state index contributed by atoms with van der Waals surface area (Å²) >= 11 is 0. The standard InChI is InChI=1S/C12H27N.C8H8O3S/c1-4-7-10-13(11-8-5-2)12-9-6-3;9-12(10,11)7-6-8-4-2-1-3-5-8/h4-12H2,1-3H3;1-7H,(H,9,10,11). The van der Waals surface area contributed by atoms with Gasteiger partial charge in [-0.2, -0.15) is 8.42 Å². The molecule has 1 rings (SSSR count). The lowest BCUT2D eigenvalue weighted by Gasteiger charge is -2.21. The first kappa shape index (κ1) is 23.8. The highest BCUT2D eigenvalue weighted by atomic mass is 32.2. The average Bonchev–Trinajstić information content (AvgIpc) is 2.60. The first-order chi connectivity index (χ1) is 11.9. The Morgan fingerprint density at radius 3 is 1.68 bits per heavy atom. The summed E-state index contributed by atoms with van der Waals surface area (Å²) in [6.07, 6.45) is 9.42. The third kappa shape index (κ3) is 16.1. The lowest BCUT2D eigenvalue weighted by atomic mass is 10.2. The first-order valence-electron chi connectivity index (χ1n) is 9.35. The first-order valence-corrected chi connectivity index (χ1v) is 10.9. The Labute approximate surface area is 154 Å². The third-order valence-corrected chi connectivity index (χ3v) is 4.20. The van der Waals surface area contributed by atoms with Crippen LogP contribution in [0, 0.1) is 0 Å². The molecule has 0 radical (unpaired) electrons. The summed E-state index contributed by atoms with van der Waals surface area (Å²) in [6, 6.07) is 8.86. The van der Waals surface area contributed by atoms with Gasteiger partial charge >= 0.3 is 0 Å². The summed E-state index contributed by atoms with van der Waals surface area (Å²) in [6.45, 7) is 10.8. The van der Waals surface area contributed by atoms with E-state index in [1.165, 1.54) is 64.2 Å². The SMILES string of the molecule is CCCCN(CCCC)CCCC.O=S(=O)(O)C=Cc1ccccc1. The smallest absolute Gasteiger partial charge is 0.287 e. The van der Waals surface area contributed by atoms with Crippen LogP contribution in [0.2, 0.25) is 0 Å². The molecular weight excluding hydrogens is 334 g/mol. The minimum atomic E-state index is -4.00. The molecule has 144 valence electrons. The predicted molar refractivity (Wildman–Crippen MR) is 108 cm³/mol. The van der Waals surface area contributed by atoms with Gasteiger partial charge in [-0.15, -0.1) is 0 Å². The number of hydrogen-bond donors (Lipinski definition) is 1. The van der Waals surface area contributed by atoms with E-state index in [9.17, 15) is 8.42 Å². The molecule has 0 unspecified atom stereocenters. The van der Waals surface area contributed by atoms with Crippen molar-refractivity contribution >= 4 is 16.2 Å². The zero-order valence-corrected chi connectivity index (χ0v) is 16.8. The fourth-order valence-electron chi connectivity index (χ4n) is 2.21. The van der Waals surface area contributed by atoms with E-state index < -0.39 is 10.1 Å². The van der Waals surface area contributed by atoms with E-state index >= 15 is 0 Å². The quantitative estimate of drug-likeness (QED) is 0.542. The second kappa shape index (κ2) is 15.1. The van der Waals surface area contributed by atoms with Crippen molar-refractivity contribution in [3.63, 3.8) is 0 Å². The molecule has 0 aliphatic carbocycles. The lowest BCUT2D eigenvalue weighted by molar-refractivity contribution is 0.261. The van der Waals surface area contributed by atoms with Gasteiger partial charge in [0.2, 0.25) is 0 Å². The van der Waals surface area contributed by atoms with Crippen LogP contribution in [0.15, 0.2) is 35.7 Å². The van der Waals surface area contributed by atoms with Crippen LogP contribution in [-0.4, -0.2) is 37.5 Å². The van der Waals surface area contributed by atoms with Crippen LogP contribution in [0.25, 0.3) is 6.08 Å². The Morgan fingerprint density at radius 2 is 1.32 bits per heavy atom. The molecule has 1 N–H and O–H groups in total. The fourth-order valence-corrected chi connectivity index (χ4v) is 2.54. The molecule has 4 nitrogen and oxygen atoms in total. The van der Waals surface area contributed by atoms with Crippen LogP contribution in [0.5, 0.6) is 0 Å².